The van der Waals surface area contributed by atoms with Gasteiger partial charge < -0.3 is 14.6 Å². The molecular weight excluding hydrogens is 487 g/mol. The van der Waals surface area contributed by atoms with Gasteiger partial charge in [-0.3, -0.25) is 13.9 Å². The lowest BCUT2D eigenvalue weighted by Crippen LogP contribution is -2.31. The van der Waals surface area contributed by atoms with Crippen LogP contribution in [0.2, 0.25) is 0 Å². The lowest BCUT2D eigenvalue weighted by atomic mass is 10.0. The van der Waals surface area contributed by atoms with Gasteiger partial charge in [0, 0.05) is 44.6 Å². The molecule has 0 amide bonds. The number of ether oxygens (including phenoxy) is 1. The van der Waals surface area contributed by atoms with Gasteiger partial charge in [-0.25, -0.2) is 9.78 Å². The lowest BCUT2D eigenvalue weighted by Gasteiger charge is -2.20. The summed E-state index contributed by atoms with van der Waals surface area (Å²) in [7, 11) is 0. The first-order chi connectivity index (χ1) is 17.8. The van der Waals surface area contributed by atoms with Crippen molar-refractivity contribution in [3.63, 3.8) is 0 Å². The zero-order valence-electron chi connectivity index (χ0n) is 20.8. The van der Waals surface area contributed by atoms with Crippen LogP contribution in [0.1, 0.15) is 61.9 Å². The van der Waals surface area contributed by atoms with Crippen molar-refractivity contribution in [3.05, 3.63) is 70.2 Å². The number of imidazole rings is 2. The van der Waals surface area contributed by atoms with Crippen LogP contribution in [0, 0.1) is 0 Å². The van der Waals surface area contributed by atoms with Gasteiger partial charge in [-0.1, -0.05) is 25.5 Å². The highest BCUT2D eigenvalue weighted by molar-refractivity contribution is 5.69. The Morgan fingerprint density at radius 3 is 2.84 bits per heavy atom. The van der Waals surface area contributed by atoms with E-state index in [-0.39, 0.29) is 24.3 Å². The first-order valence-corrected chi connectivity index (χ1v) is 12.7. The maximum atomic E-state index is 13.4. The van der Waals surface area contributed by atoms with Gasteiger partial charge in [0.25, 0.3) is 0 Å². The average molecular weight is 520 g/mol. The van der Waals surface area contributed by atoms with Gasteiger partial charge in [-0.2, -0.15) is 13.2 Å². The van der Waals surface area contributed by atoms with Gasteiger partial charge in [0.15, 0.2) is 0 Å². The number of nitrogens with zero attached hydrogens (tertiary/aromatic N) is 4. The summed E-state index contributed by atoms with van der Waals surface area (Å²) in [6, 6.07) is 3.91. The maximum absolute atomic E-state index is 13.4. The number of nitrogens with one attached hydrogen (secondary N) is 1. The fourth-order valence-corrected chi connectivity index (χ4v) is 4.44. The second-order valence-corrected chi connectivity index (χ2v) is 9.24. The van der Waals surface area contributed by atoms with Crippen LogP contribution in [-0.4, -0.2) is 37.8 Å². The number of hydrogen-bond donors (Lipinski definition) is 1. The number of rotatable bonds is 11. The van der Waals surface area contributed by atoms with E-state index in [4.69, 9.17) is 4.74 Å². The third-order valence-corrected chi connectivity index (χ3v) is 6.46. The molecule has 1 N–H and O–H groups in total. The summed E-state index contributed by atoms with van der Waals surface area (Å²) in [6.45, 7) is 3.96. The molecule has 0 radical (unpaired) electrons. The molecule has 1 aliphatic rings. The number of unbranched alkanes of at least 4 members (excludes halogenated alkanes) is 1. The molecule has 0 bridgehead atoms. The van der Waals surface area contributed by atoms with E-state index in [1.165, 1.54) is 27.5 Å². The van der Waals surface area contributed by atoms with Gasteiger partial charge in [0.05, 0.1) is 17.3 Å². The van der Waals surface area contributed by atoms with Crippen molar-refractivity contribution in [3.8, 4) is 0 Å². The Bertz CT molecular complexity index is 1240. The molecule has 0 spiro atoms. The number of anilines is 1. The molecule has 1 aromatic carbocycles. The molecule has 0 fully saturated rings. The van der Waals surface area contributed by atoms with E-state index in [1.807, 2.05) is 13.1 Å². The molecule has 0 aliphatic carbocycles. The van der Waals surface area contributed by atoms with Crippen molar-refractivity contribution >= 4 is 11.9 Å². The summed E-state index contributed by atoms with van der Waals surface area (Å²) in [4.78, 5) is 29.9. The lowest BCUT2D eigenvalue weighted by molar-refractivity contribution is -0.144. The first-order valence-electron chi connectivity index (χ1n) is 12.7. The maximum Gasteiger partial charge on any atom is 0.416 e. The van der Waals surface area contributed by atoms with Gasteiger partial charge >= 0.3 is 17.8 Å². The summed E-state index contributed by atoms with van der Waals surface area (Å²) in [5, 5.41) is 3.26. The molecule has 8 nitrogen and oxygen atoms in total. The molecule has 3 aromatic rings. The van der Waals surface area contributed by atoms with E-state index in [9.17, 15) is 22.8 Å². The van der Waals surface area contributed by atoms with Crippen LogP contribution in [0.25, 0.3) is 0 Å². The predicted octanol–water partition coefficient (Wildman–Crippen LogP) is 4.64. The standard InChI is InChI=1S/C26H32F3N5O3/c1-2-3-10-23(35)37-18-22(19-7-4-8-20(16-19)26(27,28)29)34-15-14-32(25(34)36)12-5-9-21-17-33-13-6-11-30-24(33)31-21/h4,7-8,14-17,22H,2-3,5-6,9-13,18H2,1H3,(H,30,31). The number of aryl methyl sites for hydroxylation is 3. The molecule has 1 unspecified atom stereocenters. The SMILES string of the molecule is CCCCC(=O)OCC(c1cccc(C(F)(F)F)c1)n1ccn(CCCc2cn3c(n2)NCCC3)c1=O. The Balaban J connectivity index is 1.50. The zero-order valence-corrected chi connectivity index (χ0v) is 20.8. The smallest absolute Gasteiger partial charge is 0.416 e. The predicted molar refractivity (Wildman–Crippen MR) is 132 cm³/mol. The third-order valence-electron chi connectivity index (χ3n) is 6.46. The van der Waals surface area contributed by atoms with Crippen molar-refractivity contribution in [2.24, 2.45) is 0 Å². The molecule has 2 aromatic heterocycles. The summed E-state index contributed by atoms with van der Waals surface area (Å²) >= 11 is 0. The third kappa shape index (κ3) is 6.64. The number of carbonyl (C=O) groups excluding carboxylic acids is 1. The van der Waals surface area contributed by atoms with Gasteiger partial charge in [-0.05, 0) is 43.4 Å². The van der Waals surface area contributed by atoms with E-state index in [0.29, 0.717) is 25.8 Å². The highest BCUT2D eigenvalue weighted by atomic mass is 19.4. The molecule has 0 saturated carbocycles. The van der Waals surface area contributed by atoms with Crippen molar-refractivity contribution in [1.29, 1.82) is 0 Å². The molecule has 1 atom stereocenters. The summed E-state index contributed by atoms with van der Waals surface area (Å²) < 4.78 is 50.4. The largest absolute Gasteiger partial charge is 0.463 e. The van der Waals surface area contributed by atoms with Gasteiger partial charge in [-0.15, -0.1) is 0 Å². The minimum atomic E-state index is -4.53. The first kappa shape index (κ1) is 26.6. The van der Waals surface area contributed by atoms with Crippen LogP contribution >= 0.6 is 0 Å². The zero-order chi connectivity index (χ0) is 26.4. The Kier molecular flexibility index (Phi) is 8.40. The van der Waals surface area contributed by atoms with Crippen LogP contribution in [0.15, 0.2) is 47.7 Å². The number of fused-ring (bicyclic) bond motifs is 1. The van der Waals surface area contributed by atoms with Gasteiger partial charge in [0.1, 0.15) is 6.61 Å². The number of hydrogen-bond acceptors (Lipinski definition) is 5. The summed E-state index contributed by atoms with van der Waals surface area (Å²) in [6.07, 6.45) is 4.72. The van der Waals surface area contributed by atoms with Crippen molar-refractivity contribution in [2.75, 3.05) is 18.5 Å². The number of halogens is 3. The Labute approximate surface area is 213 Å². The highest BCUT2D eigenvalue weighted by Crippen LogP contribution is 2.31. The number of alkyl halides is 3. The normalized spacial score (nSPS) is 14.2. The number of aromatic nitrogens is 4. The van der Waals surface area contributed by atoms with E-state index in [1.54, 1.807) is 6.20 Å². The number of esters is 1. The second kappa shape index (κ2) is 11.7. The average Bonchev–Trinajstić information content (AvgIpc) is 3.46. The van der Waals surface area contributed by atoms with Crippen molar-refractivity contribution in [1.82, 2.24) is 18.7 Å². The molecule has 4 rings (SSSR count). The van der Waals surface area contributed by atoms with Crippen LogP contribution in [0.4, 0.5) is 19.1 Å². The molecule has 200 valence electrons. The Morgan fingerprint density at radius 1 is 1.24 bits per heavy atom. The van der Waals surface area contributed by atoms with Crippen LogP contribution in [0.3, 0.4) is 0 Å². The number of carbonyl (C=O) groups is 1. The number of benzene rings is 1. The van der Waals surface area contributed by atoms with E-state index in [2.05, 4.69) is 14.9 Å². The molecular formula is C26H32F3N5O3. The van der Waals surface area contributed by atoms with Crippen molar-refractivity contribution < 1.29 is 22.7 Å². The Hall–Kier alpha value is -3.50. The van der Waals surface area contributed by atoms with Crippen LogP contribution in [-0.2, 0) is 35.2 Å². The summed E-state index contributed by atoms with van der Waals surface area (Å²) in [5.41, 5.74) is -0.0124. The fourth-order valence-electron chi connectivity index (χ4n) is 4.44. The molecule has 11 heteroatoms. The minimum absolute atomic E-state index is 0.217. The van der Waals surface area contributed by atoms with Crippen LogP contribution < -0.4 is 11.0 Å². The van der Waals surface area contributed by atoms with E-state index in [0.717, 1.165) is 49.7 Å². The molecule has 0 saturated heterocycles. The highest BCUT2D eigenvalue weighted by Gasteiger charge is 2.31. The van der Waals surface area contributed by atoms with E-state index >= 15 is 0 Å². The molecule has 1 aliphatic heterocycles. The van der Waals surface area contributed by atoms with Crippen LogP contribution in [0.5, 0.6) is 0 Å². The summed E-state index contributed by atoms with van der Waals surface area (Å²) in [5.74, 6) is 0.422. The van der Waals surface area contributed by atoms with E-state index < -0.39 is 23.8 Å². The fraction of sp³-hybridized carbons (Fsp3) is 0.500. The monoisotopic (exact) mass is 519 g/mol. The minimum Gasteiger partial charge on any atom is -0.463 e. The topological polar surface area (TPSA) is 83.1 Å². The molecule has 3 heterocycles. The van der Waals surface area contributed by atoms with Gasteiger partial charge in [0.2, 0.25) is 5.95 Å². The Morgan fingerprint density at radius 2 is 2.08 bits per heavy atom. The van der Waals surface area contributed by atoms with Crippen molar-refractivity contribution in [2.45, 2.75) is 70.8 Å². The molecule has 37 heavy (non-hydrogen) atoms. The quantitative estimate of drug-likeness (QED) is 0.374. The second-order valence-electron chi connectivity index (χ2n) is 9.24.